The Morgan fingerprint density at radius 1 is 1.04 bits per heavy atom. The van der Waals surface area contributed by atoms with Crippen LogP contribution in [0.4, 0.5) is 0 Å². The third-order valence-corrected chi connectivity index (χ3v) is 4.73. The molecule has 0 unspecified atom stereocenters. The largest absolute Gasteiger partial charge is 0.495 e. The summed E-state index contributed by atoms with van der Waals surface area (Å²) in [6.07, 6.45) is 2.16. The number of H-pyrrole nitrogens is 1. The molecular weight excluding hydrogens is 284 g/mol. The Kier molecular flexibility index (Phi) is 2.98. The lowest BCUT2D eigenvalue weighted by atomic mass is 10.0. The Morgan fingerprint density at radius 3 is 2.57 bits per heavy atom. The summed E-state index contributed by atoms with van der Waals surface area (Å²) in [5.41, 5.74) is 7.28. The van der Waals surface area contributed by atoms with E-state index < -0.39 is 0 Å². The number of nitrogens with one attached hydrogen (secondary N) is 1. The Labute approximate surface area is 135 Å². The summed E-state index contributed by atoms with van der Waals surface area (Å²) in [6, 6.07) is 12.7. The Bertz CT molecular complexity index is 1040. The molecule has 23 heavy (non-hydrogen) atoms. The van der Waals surface area contributed by atoms with Gasteiger partial charge in [0.15, 0.2) is 0 Å². The van der Waals surface area contributed by atoms with Crippen LogP contribution in [-0.2, 0) is 7.05 Å². The van der Waals surface area contributed by atoms with Gasteiger partial charge in [0.1, 0.15) is 5.75 Å². The number of aromatic amines is 1. The molecule has 0 aliphatic carbocycles. The van der Waals surface area contributed by atoms with Crippen LogP contribution in [0.1, 0.15) is 11.1 Å². The molecule has 0 aliphatic heterocycles. The second-order valence-corrected chi connectivity index (χ2v) is 6.13. The van der Waals surface area contributed by atoms with Crippen LogP contribution in [0.2, 0.25) is 0 Å². The summed E-state index contributed by atoms with van der Waals surface area (Å²) in [5, 5.41) is 2.53. The van der Waals surface area contributed by atoms with Gasteiger partial charge in [0.05, 0.1) is 18.3 Å². The van der Waals surface area contributed by atoms with Crippen LogP contribution in [0.5, 0.6) is 5.75 Å². The normalized spacial score (nSPS) is 11.5. The molecule has 0 saturated heterocycles. The Morgan fingerprint density at radius 2 is 1.83 bits per heavy atom. The maximum absolute atomic E-state index is 5.57. The van der Waals surface area contributed by atoms with Crippen LogP contribution in [0.3, 0.4) is 0 Å². The number of fused-ring (bicyclic) bond motifs is 2. The van der Waals surface area contributed by atoms with Crippen molar-refractivity contribution in [1.82, 2.24) is 9.55 Å². The van der Waals surface area contributed by atoms with E-state index in [0.29, 0.717) is 0 Å². The van der Waals surface area contributed by atoms with Gasteiger partial charge in [-0.3, -0.25) is 0 Å². The predicted octanol–water partition coefficient (Wildman–Crippen LogP) is 4.95. The van der Waals surface area contributed by atoms with E-state index in [2.05, 4.69) is 73.0 Å². The van der Waals surface area contributed by atoms with Gasteiger partial charge in [-0.15, -0.1) is 0 Å². The second kappa shape index (κ2) is 4.92. The average Bonchev–Trinajstić information content (AvgIpc) is 3.05. The summed E-state index contributed by atoms with van der Waals surface area (Å²) < 4.78 is 7.71. The third-order valence-electron chi connectivity index (χ3n) is 4.73. The number of hydrogen-bond acceptors (Lipinski definition) is 1. The molecule has 4 rings (SSSR count). The van der Waals surface area contributed by atoms with E-state index in [-0.39, 0.29) is 0 Å². The van der Waals surface area contributed by atoms with Gasteiger partial charge >= 0.3 is 0 Å². The summed E-state index contributed by atoms with van der Waals surface area (Å²) in [6.45, 7) is 4.34. The molecule has 4 aromatic rings. The number of para-hydroxylation sites is 1. The lowest BCUT2D eigenvalue weighted by Gasteiger charge is -2.09. The van der Waals surface area contributed by atoms with E-state index >= 15 is 0 Å². The maximum Gasteiger partial charge on any atom is 0.143 e. The fraction of sp³-hybridized carbons (Fsp3) is 0.200. The van der Waals surface area contributed by atoms with Crippen LogP contribution in [0.25, 0.3) is 33.1 Å². The number of nitrogens with zero attached hydrogens (tertiary/aromatic N) is 1. The fourth-order valence-electron chi connectivity index (χ4n) is 3.67. The van der Waals surface area contributed by atoms with Crippen molar-refractivity contribution in [3.05, 3.63) is 53.7 Å². The monoisotopic (exact) mass is 304 g/mol. The fourth-order valence-corrected chi connectivity index (χ4v) is 3.67. The zero-order valence-corrected chi connectivity index (χ0v) is 13.9. The SMILES string of the molecule is COc1ccc(-c2[nH]c3ccccc3c2C)c2c(C)cn(C)c12. The van der Waals surface area contributed by atoms with Gasteiger partial charge in [-0.05, 0) is 43.2 Å². The number of aromatic nitrogens is 2. The molecule has 0 amide bonds. The van der Waals surface area contributed by atoms with Crippen molar-refractivity contribution in [1.29, 1.82) is 0 Å². The minimum atomic E-state index is 0.910. The van der Waals surface area contributed by atoms with Gasteiger partial charge < -0.3 is 14.3 Å². The molecule has 116 valence electrons. The maximum atomic E-state index is 5.57. The predicted molar refractivity (Wildman–Crippen MR) is 96.2 cm³/mol. The van der Waals surface area contributed by atoms with Gasteiger partial charge in [-0.1, -0.05) is 18.2 Å². The van der Waals surface area contributed by atoms with Crippen molar-refractivity contribution >= 4 is 21.8 Å². The minimum absolute atomic E-state index is 0.910. The topological polar surface area (TPSA) is 29.9 Å². The smallest absolute Gasteiger partial charge is 0.143 e. The quantitative estimate of drug-likeness (QED) is 0.558. The summed E-state index contributed by atoms with van der Waals surface area (Å²) in [4.78, 5) is 3.60. The van der Waals surface area contributed by atoms with E-state index in [1.54, 1.807) is 7.11 Å². The molecule has 0 atom stereocenters. The number of ether oxygens (including phenoxy) is 1. The van der Waals surface area contributed by atoms with Gasteiger partial charge in [0.2, 0.25) is 0 Å². The van der Waals surface area contributed by atoms with Crippen LogP contribution >= 0.6 is 0 Å². The number of methoxy groups -OCH3 is 1. The molecule has 0 aliphatic rings. The third kappa shape index (κ3) is 1.89. The molecule has 0 fully saturated rings. The molecular formula is C20H20N2O. The van der Waals surface area contributed by atoms with Gasteiger partial charge in [0.25, 0.3) is 0 Å². The average molecular weight is 304 g/mol. The van der Waals surface area contributed by atoms with Crippen molar-refractivity contribution in [3.8, 4) is 17.0 Å². The van der Waals surface area contributed by atoms with Crippen LogP contribution in [0.15, 0.2) is 42.6 Å². The molecule has 0 bridgehead atoms. The molecule has 3 heteroatoms. The van der Waals surface area contributed by atoms with E-state index in [1.807, 2.05) is 0 Å². The highest BCUT2D eigenvalue weighted by Crippen LogP contribution is 2.39. The standard InChI is InChI=1S/C20H20N2O/c1-12-11-22(3)20-17(23-4)10-9-15(18(12)20)19-13(2)14-7-5-6-8-16(14)21-19/h5-11,21H,1-4H3. The van der Waals surface area contributed by atoms with Crippen LogP contribution < -0.4 is 4.74 Å². The lowest BCUT2D eigenvalue weighted by Crippen LogP contribution is -1.92. The molecule has 0 radical (unpaired) electrons. The highest BCUT2D eigenvalue weighted by atomic mass is 16.5. The zero-order valence-electron chi connectivity index (χ0n) is 13.9. The number of benzene rings is 2. The van der Waals surface area contributed by atoms with Crippen LogP contribution in [-0.4, -0.2) is 16.7 Å². The van der Waals surface area contributed by atoms with Crippen molar-refractivity contribution < 1.29 is 4.74 Å². The van der Waals surface area contributed by atoms with E-state index in [9.17, 15) is 0 Å². The first-order valence-corrected chi connectivity index (χ1v) is 7.82. The number of rotatable bonds is 2. The van der Waals surface area contributed by atoms with Crippen molar-refractivity contribution in [2.45, 2.75) is 13.8 Å². The van der Waals surface area contributed by atoms with Gasteiger partial charge in [-0.25, -0.2) is 0 Å². The van der Waals surface area contributed by atoms with E-state index in [0.717, 1.165) is 11.3 Å². The van der Waals surface area contributed by atoms with E-state index in [4.69, 9.17) is 4.74 Å². The van der Waals surface area contributed by atoms with Crippen molar-refractivity contribution in [2.75, 3.05) is 7.11 Å². The molecule has 2 aromatic carbocycles. The summed E-state index contributed by atoms with van der Waals surface area (Å²) >= 11 is 0. The van der Waals surface area contributed by atoms with Crippen molar-refractivity contribution in [2.24, 2.45) is 7.05 Å². The first-order valence-electron chi connectivity index (χ1n) is 7.82. The first kappa shape index (κ1) is 13.9. The number of aryl methyl sites for hydroxylation is 3. The first-order chi connectivity index (χ1) is 11.1. The highest BCUT2D eigenvalue weighted by molar-refractivity contribution is 6.03. The summed E-state index contributed by atoms with van der Waals surface area (Å²) in [5.74, 6) is 0.910. The molecule has 2 heterocycles. The van der Waals surface area contributed by atoms with E-state index in [1.165, 1.54) is 38.7 Å². The van der Waals surface area contributed by atoms with Gasteiger partial charge in [-0.2, -0.15) is 0 Å². The Hall–Kier alpha value is -2.68. The second-order valence-electron chi connectivity index (χ2n) is 6.13. The highest BCUT2D eigenvalue weighted by Gasteiger charge is 2.17. The van der Waals surface area contributed by atoms with Crippen LogP contribution in [0, 0.1) is 13.8 Å². The van der Waals surface area contributed by atoms with Crippen molar-refractivity contribution in [3.63, 3.8) is 0 Å². The van der Waals surface area contributed by atoms with Gasteiger partial charge in [0, 0.05) is 35.1 Å². The lowest BCUT2D eigenvalue weighted by molar-refractivity contribution is 0.418. The molecule has 0 spiro atoms. The molecule has 0 saturated carbocycles. The molecule has 1 N–H and O–H groups in total. The Balaban J connectivity index is 2.11. The molecule has 3 nitrogen and oxygen atoms in total. The number of hydrogen-bond donors (Lipinski definition) is 1. The molecule has 2 aromatic heterocycles. The summed E-state index contributed by atoms with van der Waals surface area (Å²) in [7, 11) is 3.80. The zero-order chi connectivity index (χ0) is 16.1. The minimum Gasteiger partial charge on any atom is -0.495 e.